The zero-order valence-electron chi connectivity index (χ0n) is 13.4. The summed E-state index contributed by atoms with van der Waals surface area (Å²) in [6, 6.07) is 0. The topological polar surface area (TPSA) is 88.4 Å². The van der Waals surface area contributed by atoms with E-state index in [0.717, 1.165) is 6.42 Å². The molecule has 0 fully saturated rings. The van der Waals surface area contributed by atoms with E-state index in [1.807, 2.05) is 13.8 Å². The van der Waals surface area contributed by atoms with Gasteiger partial charge in [-0.15, -0.1) is 0 Å². The van der Waals surface area contributed by atoms with E-state index in [1.54, 1.807) is 21.0 Å². The fourth-order valence-corrected chi connectivity index (χ4v) is 1.03. The van der Waals surface area contributed by atoms with Crippen LogP contribution in [0.2, 0.25) is 0 Å². The summed E-state index contributed by atoms with van der Waals surface area (Å²) >= 11 is 0. The average Bonchev–Trinajstić information content (AvgIpc) is 2.45. The first kappa shape index (κ1) is 22.0. The normalized spacial score (nSPS) is 16.8. The number of hydrogen-bond acceptors (Lipinski definition) is 6. The average molecular weight is 296 g/mol. The molecular formula is C14H32O6. The Labute approximate surface area is 122 Å². The summed E-state index contributed by atoms with van der Waals surface area (Å²) in [4.78, 5) is 0. The number of rotatable bonds is 10. The summed E-state index contributed by atoms with van der Waals surface area (Å²) in [7, 11) is 1.67. The van der Waals surface area contributed by atoms with Gasteiger partial charge in [0.25, 0.3) is 0 Å². The van der Waals surface area contributed by atoms with Crippen molar-refractivity contribution in [2.24, 2.45) is 0 Å². The van der Waals surface area contributed by atoms with E-state index in [0.29, 0.717) is 13.2 Å². The lowest BCUT2D eigenvalue weighted by molar-refractivity contribution is -0.0386. The molecule has 0 heterocycles. The van der Waals surface area contributed by atoms with Crippen molar-refractivity contribution in [3.05, 3.63) is 0 Å². The van der Waals surface area contributed by atoms with Crippen LogP contribution in [0.5, 0.6) is 0 Å². The molecule has 0 saturated carbocycles. The third kappa shape index (κ3) is 15.8. The Morgan fingerprint density at radius 3 is 1.65 bits per heavy atom. The molecule has 0 aromatic carbocycles. The maximum absolute atomic E-state index is 8.69. The maximum Gasteiger partial charge on any atom is 0.0802 e. The van der Waals surface area contributed by atoms with Gasteiger partial charge in [-0.2, -0.15) is 0 Å². The lowest BCUT2D eigenvalue weighted by Gasteiger charge is -2.16. The van der Waals surface area contributed by atoms with E-state index >= 15 is 0 Å². The molecule has 0 aromatic rings. The molecule has 124 valence electrons. The van der Waals surface area contributed by atoms with E-state index in [2.05, 4.69) is 0 Å². The number of hydrogen-bond donors (Lipinski definition) is 3. The second kappa shape index (κ2) is 15.2. The van der Waals surface area contributed by atoms with Crippen LogP contribution in [0.4, 0.5) is 0 Å². The standard InChI is InChI=1S/C8H18O3.C6H14O3/c1-4-8(10-3)6-11-7(2)5-9;1-5(8)4-9-6(2)3-7/h7-9H,4-6H2,1-3H3;5-8H,3-4H2,1-2H3. The molecular weight excluding hydrogens is 264 g/mol. The molecule has 0 aliphatic heterocycles. The largest absolute Gasteiger partial charge is 0.394 e. The van der Waals surface area contributed by atoms with Gasteiger partial charge in [-0.25, -0.2) is 0 Å². The van der Waals surface area contributed by atoms with Crippen LogP contribution in [0.15, 0.2) is 0 Å². The predicted octanol–water partition coefficient (Wildman–Crippen LogP) is 0.573. The molecule has 6 nitrogen and oxygen atoms in total. The molecule has 0 bridgehead atoms. The minimum Gasteiger partial charge on any atom is -0.394 e. The molecule has 6 heteroatoms. The lowest BCUT2D eigenvalue weighted by atomic mass is 10.3. The van der Waals surface area contributed by atoms with Gasteiger partial charge in [-0.3, -0.25) is 0 Å². The Hall–Kier alpha value is -0.240. The van der Waals surface area contributed by atoms with Crippen molar-refractivity contribution in [3.63, 3.8) is 0 Å². The fourth-order valence-electron chi connectivity index (χ4n) is 1.03. The number of aliphatic hydroxyl groups excluding tert-OH is 3. The highest BCUT2D eigenvalue weighted by molar-refractivity contribution is 4.54. The SMILES string of the molecule is CC(O)COC(C)CO.CCC(COC(C)CO)OC. The zero-order valence-corrected chi connectivity index (χ0v) is 13.4. The van der Waals surface area contributed by atoms with Gasteiger partial charge in [0.15, 0.2) is 0 Å². The van der Waals surface area contributed by atoms with Crippen molar-refractivity contribution in [2.75, 3.05) is 33.5 Å². The van der Waals surface area contributed by atoms with Crippen molar-refractivity contribution >= 4 is 0 Å². The minimum absolute atomic E-state index is 0.00667. The van der Waals surface area contributed by atoms with Crippen LogP contribution in [0.1, 0.15) is 34.1 Å². The highest BCUT2D eigenvalue weighted by atomic mass is 16.5. The zero-order chi connectivity index (χ0) is 16.0. The van der Waals surface area contributed by atoms with Crippen molar-refractivity contribution < 1.29 is 29.5 Å². The van der Waals surface area contributed by atoms with E-state index < -0.39 is 6.10 Å². The third-order valence-electron chi connectivity index (χ3n) is 2.49. The van der Waals surface area contributed by atoms with Crippen LogP contribution in [0, 0.1) is 0 Å². The fraction of sp³-hybridized carbons (Fsp3) is 1.00. The molecule has 0 spiro atoms. The van der Waals surface area contributed by atoms with Gasteiger partial charge in [0.05, 0.1) is 50.8 Å². The van der Waals surface area contributed by atoms with Crippen LogP contribution < -0.4 is 0 Å². The molecule has 0 rings (SSSR count). The van der Waals surface area contributed by atoms with Crippen LogP contribution in [0.3, 0.4) is 0 Å². The minimum atomic E-state index is -0.445. The monoisotopic (exact) mass is 296 g/mol. The molecule has 0 radical (unpaired) electrons. The van der Waals surface area contributed by atoms with E-state index in [4.69, 9.17) is 29.5 Å². The molecule has 0 aromatic heterocycles. The summed E-state index contributed by atoms with van der Waals surface area (Å²) in [6.45, 7) is 8.21. The number of ether oxygens (including phenoxy) is 3. The first-order valence-electron chi connectivity index (χ1n) is 7.06. The van der Waals surface area contributed by atoms with Crippen molar-refractivity contribution in [1.29, 1.82) is 0 Å². The molecule has 0 aliphatic carbocycles. The van der Waals surface area contributed by atoms with Crippen LogP contribution >= 0.6 is 0 Å². The Morgan fingerprint density at radius 1 is 0.900 bits per heavy atom. The van der Waals surface area contributed by atoms with Crippen LogP contribution in [0.25, 0.3) is 0 Å². The van der Waals surface area contributed by atoms with Crippen molar-refractivity contribution in [1.82, 2.24) is 0 Å². The molecule has 0 saturated heterocycles. The predicted molar refractivity (Wildman–Crippen MR) is 77.8 cm³/mol. The third-order valence-corrected chi connectivity index (χ3v) is 2.49. The van der Waals surface area contributed by atoms with Gasteiger partial charge in [0, 0.05) is 7.11 Å². The summed E-state index contributed by atoms with van der Waals surface area (Å²) in [5.74, 6) is 0. The van der Waals surface area contributed by atoms with Crippen molar-refractivity contribution in [2.45, 2.75) is 58.5 Å². The molecule has 4 unspecified atom stereocenters. The van der Waals surface area contributed by atoms with E-state index in [-0.39, 0.29) is 31.5 Å². The van der Waals surface area contributed by atoms with E-state index in [1.165, 1.54) is 0 Å². The number of methoxy groups -OCH3 is 1. The Morgan fingerprint density at radius 2 is 1.35 bits per heavy atom. The molecule has 0 amide bonds. The molecule has 4 atom stereocenters. The lowest BCUT2D eigenvalue weighted by Crippen LogP contribution is -2.22. The Balaban J connectivity index is 0. The number of aliphatic hydroxyl groups is 3. The Kier molecular flexibility index (Phi) is 16.7. The molecule has 0 aliphatic rings. The molecule has 3 N–H and O–H groups in total. The van der Waals surface area contributed by atoms with Gasteiger partial charge in [-0.05, 0) is 27.2 Å². The summed E-state index contributed by atoms with van der Waals surface area (Å²) in [5.41, 5.74) is 0. The van der Waals surface area contributed by atoms with Crippen LogP contribution in [-0.2, 0) is 14.2 Å². The summed E-state index contributed by atoms with van der Waals surface area (Å²) < 4.78 is 15.3. The van der Waals surface area contributed by atoms with Gasteiger partial charge >= 0.3 is 0 Å². The van der Waals surface area contributed by atoms with Gasteiger partial charge in [0.1, 0.15) is 0 Å². The van der Waals surface area contributed by atoms with E-state index in [9.17, 15) is 0 Å². The first-order chi connectivity index (χ1) is 9.40. The highest BCUT2D eigenvalue weighted by Gasteiger charge is 2.06. The molecule has 20 heavy (non-hydrogen) atoms. The second-order valence-electron chi connectivity index (χ2n) is 4.77. The summed E-state index contributed by atoms with van der Waals surface area (Å²) in [5, 5.41) is 25.8. The Bertz CT molecular complexity index is 185. The van der Waals surface area contributed by atoms with Gasteiger partial charge in [0.2, 0.25) is 0 Å². The summed E-state index contributed by atoms with van der Waals surface area (Å²) in [6.07, 6.45) is 0.399. The smallest absolute Gasteiger partial charge is 0.0802 e. The highest BCUT2D eigenvalue weighted by Crippen LogP contribution is 1.99. The quantitative estimate of drug-likeness (QED) is 0.546. The maximum atomic E-state index is 8.69. The van der Waals surface area contributed by atoms with Gasteiger partial charge < -0.3 is 29.5 Å². The first-order valence-corrected chi connectivity index (χ1v) is 7.06. The van der Waals surface area contributed by atoms with Crippen molar-refractivity contribution in [3.8, 4) is 0 Å². The van der Waals surface area contributed by atoms with Gasteiger partial charge in [-0.1, -0.05) is 6.92 Å². The second-order valence-corrected chi connectivity index (χ2v) is 4.77. The van der Waals surface area contributed by atoms with Crippen LogP contribution in [-0.4, -0.2) is 73.3 Å².